The van der Waals surface area contributed by atoms with Crippen LogP contribution in [-0.4, -0.2) is 20.4 Å². The molecule has 0 aliphatic carbocycles. The van der Waals surface area contributed by atoms with Crippen LogP contribution in [0.2, 0.25) is 0 Å². The molecule has 1 amide bonds. The summed E-state index contributed by atoms with van der Waals surface area (Å²) in [5.41, 5.74) is 1.79. The number of aromatic nitrogens is 3. The second-order valence-electron chi connectivity index (χ2n) is 7.02. The molecule has 0 saturated carbocycles. The molecular formula is C20H15BrN4O3S. The van der Waals surface area contributed by atoms with Crippen LogP contribution in [0.3, 0.4) is 0 Å². The van der Waals surface area contributed by atoms with Crippen LogP contribution in [0.25, 0.3) is 21.3 Å². The van der Waals surface area contributed by atoms with Gasteiger partial charge in [0.25, 0.3) is 0 Å². The number of H-pyrrole nitrogens is 1. The lowest BCUT2D eigenvalue weighted by Gasteiger charge is -2.27. The van der Waals surface area contributed by atoms with Crippen LogP contribution in [0.4, 0.5) is 5.13 Å². The summed E-state index contributed by atoms with van der Waals surface area (Å²) in [5, 5.41) is 3.37. The van der Waals surface area contributed by atoms with E-state index in [-0.39, 0.29) is 18.4 Å². The molecule has 1 atom stereocenters. The molecule has 0 fully saturated rings. The molecule has 4 aromatic rings. The van der Waals surface area contributed by atoms with Crippen molar-refractivity contribution < 1.29 is 4.79 Å². The number of hydrogen-bond acceptors (Lipinski definition) is 5. The van der Waals surface area contributed by atoms with Gasteiger partial charge in [0.2, 0.25) is 5.91 Å². The summed E-state index contributed by atoms with van der Waals surface area (Å²) in [6.45, 7) is 0. The summed E-state index contributed by atoms with van der Waals surface area (Å²) >= 11 is 4.85. The number of hydrogen-bond donors (Lipinski definition) is 2. The van der Waals surface area contributed by atoms with Gasteiger partial charge in [-0.1, -0.05) is 39.4 Å². The van der Waals surface area contributed by atoms with Gasteiger partial charge in [-0.25, -0.2) is 4.98 Å². The van der Waals surface area contributed by atoms with Crippen molar-refractivity contribution in [2.75, 3.05) is 5.32 Å². The van der Waals surface area contributed by atoms with Gasteiger partial charge in [-0.15, -0.1) is 0 Å². The largest absolute Gasteiger partial charge is 0.317 e. The SMILES string of the molecule is O=C(CC1CCc2cc(Br)cc3[nH]c(=O)c(=O)n1c23)Nc1nc2ccccc2s1. The highest BCUT2D eigenvalue weighted by Gasteiger charge is 2.26. The fourth-order valence-electron chi connectivity index (χ4n) is 3.92. The molecule has 0 spiro atoms. The molecule has 2 aromatic heterocycles. The zero-order valence-corrected chi connectivity index (χ0v) is 17.5. The van der Waals surface area contributed by atoms with E-state index in [9.17, 15) is 14.4 Å². The maximum absolute atomic E-state index is 12.7. The third-order valence-corrected chi connectivity index (χ3v) is 6.54. The molecule has 0 saturated heterocycles. The average molecular weight is 471 g/mol. The quantitative estimate of drug-likeness (QED) is 0.447. The number of halogens is 1. The zero-order valence-electron chi connectivity index (χ0n) is 15.1. The van der Waals surface area contributed by atoms with E-state index >= 15 is 0 Å². The molecule has 29 heavy (non-hydrogen) atoms. The lowest BCUT2D eigenvalue weighted by Crippen LogP contribution is -2.41. The number of fused-ring (bicyclic) bond motifs is 1. The highest BCUT2D eigenvalue weighted by atomic mass is 79.9. The van der Waals surface area contributed by atoms with Crippen LogP contribution in [-0.2, 0) is 11.2 Å². The molecule has 7 nitrogen and oxygen atoms in total. The molecule has 2 N–H and O–H groups in total. The first kappa shape index (κ1) is 18.3. The molecule has 5 rings (SSSR count). The van der Waals surface area contributed by atoms with Gasteiger partial charge in [0.05, 0.1) is 21.3 Å². The summed E-state index contributed by atoms with van der Waals surface area (Å²) in [6, 6.07) is 11.0. The van der Waals surface area contributed by atoms with E-state index in [4.69, 9.17) is 0 Å². The molecule has 0 radical (unpaired) electrons. The zero-order chi connectivity index (χ0) is 20.1. The predicted molar refractivity (Wildman–Crippen MR) is 117 cm³/mol. The molecule has 0 bridgehead atoms. The number of thiazole rings is 1. The minimum absolute atomic E-state index is 0.101. The van der Waals surface area contributed by atoms with E-state index in [1.54, 1.807) is 6.07 Å². The minimum Gasteiger partial charge on any atom is -0.316 e. The van der Waals surface area contributed by atoms with E-state index in [2.05, 4.69) is 31.2 Å². The van der Waals surface area contributed by atoms with Crippen LogP contribution in [0.5, 0.6) is 0 Å². The van der Waals surface area contributed by atoms with Gasteiger partial charge in [-0.2, -0.15) is 0 Å². The van der Waals surface area contributed by atoms with Gasteiger partial charge in [0, 0.05) is 16.9 Å². The van der Waals surface area contributed by atoms with Crippen molar-refractivity contribution in [2.24, 2.45) is 0 Å². The first-order valence-electron chi connectivity index (χ1n) is 9.12. The van der Waals surface area contributed by atoms with Gasteiger partial charge in [-0.3, -0.25) is 19.0 Å². The summed E-state index contributed by atoms with van der Waals surface area (Å²) in [4.78, 5) is 44.5. The first-order chi connectivity index (χ1) is 14.0. The van der Waals surface area contributed by atoms with Gasteiger partial charge >= 0.3 is 11.1 Å². The third-order valence-electron chi connectivity index (χ3n) is 5.13. The van der Waals surface area contributed by atoms with Crippen LogP contribution < -0.4 is 16.4 Å². The Bertz CT molecular complexity index is 1370. The van der Waals surface area contributed by atoms with Gasteiger partial charge < -0.3 is 10.3 Å². The molecule has 146 valence electrons. The number of carbonyl (C=O) groups excluding carboxylic acids is 1. The number of anilines is 1. The summed E-state index contributed by atoms with van der Waals surface area (Å²) in [7, 11) is 0. The Kier molecular flexibility index (Phi) is 4.36. The second-order valence-corrected chi connectivity index (χ2v) is 8.97. The van der Waals surface area contributed by atoms with E-state index in [1.807, 2.05) is 30.3 Å². The number of rotatable bonds is 3. The Balaban J connectivity index is 1.48. The molecular weight excluding hydrogens is 456 g/mol. The Morgan fingerprint density at radius 2 is 2.14 bits per heavy atom. The summed E-state index contributed by atoms with van der Waals surface area (Å²) in [5.74, 6) is -0.227. The van der Waals surface area contributed by atoms with E-state index in [0.717, 1.165) is 26.7 Å². The number of aryl methyl sites for hydroxylation is 1. The Morgan fingerprint density at radius 1 is 1.31 bits per heavy atom. The molecule has 9 heteroatoms. The number of carbonyl (C=O) groups is 1. The highest BCUT2D eigenvalue weighted by Crippen LogP contribution is 2.33. The van der Waals surface area contributed by atoms with Gasteiger partial charge in [0.1, 0.15) is 0 Å². The summed E-state index contributed by atoms with van der Waals surface area (Å²) < 4.78 is 3.32. The number of amides is 1. The third kappa shape index (κ3) is 3.20. The number of aromatic amines is 1. The van der Waals surface area contributed by atoms with Crippen LogP contribution >= 0.6 is 27.3 Å². The number of para-hydroxylation sites is 1. The van der Waals surface area contributed by atoms with Crippen molar-refractivity contribution in [3.05, 3.63) is 67.1 Å². The number of benzene rings is 2. The van der Waals surface area contributed by atoms with Crippen molar-refractivity contribution in [2.45, 2.75) is 25.3 Å². The molecule has 1 aliphatic heterocycles. The normalized spacial score (nSPS) is 15.7. The monoisotopic (exact) mass is 470 g/mol. The van der Waals surface area contributed by atoms with Crippen LogP contribution in [0.15, 0.2) is 50.5 Å². The lowest BCUT2D eigenvalue weighted by atomic mass is 9.96. The van der Waals surface area contributed by atoms with Crippen molar-refractivity contribution in [1.29, 1.82) is 0 Å². The smallest absolute Gasteiger partial charge is 0.316 e. The van der Waals surface area contributed by atoms with E-state index in [0.29, 0.717) is 22.6 Å². The maximum atomic E-state index is 12.7. The Hall–Kier alpha value is -2.78. The maximum Gasteiger partial charge on any atom is 0.317 e. The lowest BCUT2D eigenvalue weighted by molar-refractivity contribution is -0.117. The fourth-order valence-corrected chi connectivity index (χ4v) is 5.30. The predicted octanol–water partition coefficient (Wildman–Crippen LogP) is 3.58. The topological polar surface area (TPSA) is 96.9 Å². The Morgan fingerprint density at radius 3 is 2.97 bits per heavy atom. The van der Waals surface area contributed by atoms with E-state index in [1.165, 1.54) is 15.9 Å². The standard InChI is InChI=1S/C20H15BrN4O3S/c21-11-7-10-5-6-12(25-17(10)14(8-11)22-18(27)19(25)28)9-16(26)24-20-23-13-3-1-2-4-15(13)29-20/h1-4,7-8,12H,5-6,9H2,(H,22,27)(H,23,24,26). The van der Waals surface area contributed by atoms with Crippen molar-refractivity contribution in [3.8, 4) is 0 Å². The fraction of sp³-hybridized carbons (Fsp3) is 0.200. The molecule has 1 aliphatic rings. The second kappa shape index (κ2) is 6.93. The van der Waals surface area contributed by atoms with Crippen molar-refractivity contribution >= 4 is 59.6 Å². The minimum atomic E-state index is -0.681. The average Bonchev–Trinajstić information content (AvgIpc) is 3.08. The van der Waals surface area contributed by atoms with Gasteiger partial charge in [0.15, 0.2) is 5.13 Å². The first-order valence-corrected chi connectivity index (χ1v) is 10.7. The highest BCUT2D eigenvalue weighted by molar-refractivity contribution is 9.10. The molecule has 1 unspecified atom stereocenters. The van der Waals surface area contributed by atoms with Crippen molar-refractivity contribution in [1.82, 2.24) is 14.5 Å². The van der Waals surface area contributed by atoms with Crippen molar-refractivity contribution in [3.63, 3.8) is 0 Å². The number of nitrogens with zero attached hydrogens (tertiary/aromatic N) is 2. The molecule has 2 aromatic carbocycles. The van der Waals surface area contributed by atoms with Crippen LogP contribution in [0, 0.1) is 0 Å². The van der Waals surface area contributed by atoms with E-state index < -0.39 is 11.1 Å². The Labute approximate surface area is 176 Å². The van der Waals surface area contributed by atoms with Gasteiger partial charge in [-0.05, 0) is 42.7 Å². The number of nitrogens with one attached hydrogen (secondary N) is 2. The summed E-state index contributed by atoms with van der Waals surface area (Å²) in [6.07, 6.45) is 1.43. The molecule has 3 heterocycles. The van der Waals surface area contributed by atoms with Crippen LogP contribution in [0.1, 0.15) is 24.4 Å².